The number of hydrogen-bond donors (Lipinski definition) is 2. The molecule has 8 nitrogen and oxygen atoms in total. The second-order valence-corrected chi connectivity index (χ2v) is 6.94. The standard InChI is InChI=1S/C17H26N4O4S/c1-11(2)17(24)25-10-26-15(5-6-22)12(3)21(9-23)8-14-7-19-13(4)20-16(14)18/h7,9,11,22H,5-6,8,10H2,1-4H3,(H2,18,19,20). The Morgan fingerprint density at radius 1 is 1.50 bits per heavy atom. The lowest BCUT2D eigenvalue weighted by molar-refractivity contribution is -0.145. The summed E-state index contributed by atoms with van der Waals surface area (Å²) in [7, 11) is 0. The SMILES string of the molecule is CC(=C(CCO)SCOC(=O)C(C)C)N(C=O)Cc1cnc(C)nc1N. The number of nitrogen functional groups attached to an aromatic ring is 1. The molecule has 0 aliphatic carbocycles. The predicted octanol–water partition coefficient (Wildman–Crippen LogP) is 1.83. The maximum Gasteiger partial charge on any atom is 0.309 e. The third-order valence-corrected chi connectivity index (χ3v) is 4.65. The monoisotopic (exact) mass is 382 g/mol. The number of esters is 1. The van der Waals surface area contributed by atoms with Gasteiger partial charge in [-0.25, -0.2) is 9.97 Å². The fraction of sp³-hybridized carbons (Fsp3) is 0.529. The zero-order valence-electron chi connectivity index (χ0n) is 15.6. The molecular weight excluding hydrogens is 356 g/mol. The molecule has 0 saturated carbocycles. The van der Waals surface area contributed by atoms with E-state index in [2.05, 4.69) is 9.97 Å². The lowest BCUT2D eigenvalue weighted by Crippen LogP contribution is -2.22. The second-order valence-electron chi connectivity index (χ2n) is 5.92. The van der Waals surface area contributed by atoms with Gasteiger partial charge in [-0.05, 0) is 13.8 Å². The van der Waals surface area contributed by atoms with Crippen molar-refractivity contribution in [1.82, 2.24) is 14.9 Å². The summed E-state index contributed by atoms with van der Waals surface area (Å²) in [6, 6.07) is 0. The molecule has 0 radical (unpaired) electrons. The molecule has 0 aromatic carbocycles. The van der Waals surface area contributed by atoms with Crippen LogP contribution in [0.3, 0.4) is 0 Å². The molecule has 0 bridgehead atoms. The Labute approximate surface area is 157 Å². The summed E-state index contributed by atoms with van der Waals surface area (Å²) in [6.07, 6.45) is 2.62. The van der Waals surface area contributed by atoms with Crippen molar-refractivity contribution in [3.8, 4) is 0 Å². The van der Waals surface area contributed by atoms with Crippen LogP contribution in [0.15, 0.2) is 16.8 Å². The van der Waals surface area contributed by atoms with Gasteiger partial charge in [0.1, 0.15) is 17.6 Å². The molecule has 1 aromatic rings. The van der Waals surface area contributed by atoms with Gasteiger partial charge < -0.3 is 20.5 Å². The number of aromatic nitrogens is 2. The molecule has 0 saturated heterocycles. The van der Waals surface area contributed by atoms with Crippen molar-refractivity contribution in [1.29, 1.82) is 0 Å². The number of carbonyl (C=O) groups is 2. The largest absolute Gasteiger partial charge is 0.454 e. The molecular formula is C17H26N4O4S. The second kappa shape index (κ2) is 10.8. The molecule has 0 fully saturated rings. The molecule has 3 N–H and O–H groups in total. The van der Waals surface area contributed by atoms with Crippen LogP contribution < -0.4 is 5.73 Å². The van der Waals surface area contributed by atoms with Crippen molar-refractivity contribution in [2.24, 2.45) is 5.92 Å². The lowest BCUT2D eigenvalue weighted by atomic mass is 10.2. The van der Waals surface area contributed by atoms with Crippen LogP contribution in [0.5, 0.6) is 0 Å². The Balaban J connectivity index is 2.90. The molecule has 1 heterocycles. The fourth-order valence-electron chi connectivity index (χ4n) is 2.00. The summed E-state index contributed by atoms with van der Waals surface area (Å²) in [5.74, 6) is 0.485. The van der Waals surface area contributed by atoms with Crippen LogP contribution in [0.25, 0.3) is 0 Å². The number of allylic oxidation sites excluding steroid dienone is 1. The topological polar surface area (TPSA) is 119 Å². The molecule has 1 rings (SSSR count). The quantitative estimate of drug-likeness (QED) is 0.357. The molecule has 0 aliphatic rings. The number of amides is 1. The van der Waals surface area contributed by atoms with E-state index >= 15 is 0 Å². The van der Waals surface area contributed by atoms with Gasteiger partial charge in [0.25, 0.3) is 0 Å². The van der Waals surface area contributed by atoms with Crippen molar-refractivity contribution in [2.45, 2.75) is 40.7 Å². The molecule has 0 spiro atoms. The van der Waals surface area contributed by atoms with Crippen LogP contribution in [0.2, 0.25) is 0 Å². The van der Waals surface area contributed by atoms with Crippen LogP contribution in [0, 0.1) is 12.8 Å². The summed E-state index contributed by atoms with van der Waals surface area (Å²) in [5.41, 5.74) is 7.17. The number of aryl methyl sites for hydroxylation is 1. The minimum atomic E-state index is -0.296. The van der Waals surface area contributed by atoms with Crippen LogP contribution >= 0.6 is 11.8 Å². The Morgan fingerprint density at radius 2 is 2.19 bits per heavy atom. The van der Waals surface area contributed by atoms with E-state index in [0.29, 0.717) is 35.7 Å². The summed E-state index contributed by atoms with van der Waals surface area (Å²) in [4.78, 5) is 33.5. The number of ether oxygens (including phenoxy) is 1. The third kappa shape index (κ3) is 6.64. The number of carbonyl (C=O) groups excluding carboxylic acids is 2. The molecule has 26 heavy (non-hydrogen) atoms. The smallest absolute Gasteiger partial charge is 0.309 e. The lowest BCUT2D eigenvalue weighted by Gasteiger charge is -2.22. The number of rotatable bonds is 10. The highest BCUT2D eigenvalue weighted by Crippen LogP contribution is 2.26. The minimum absolute atomic E-state index is 0.0831. The first-order chi connectivity index (χ1) is 12.3. The van der Waals surface area contributed by atoms with Gasteiger partial charge in [-0.3, -0.25) is 9.59 Å². The third-order valence-electron chi connectivity index (χ3n) is 3.57. The van der Waals surface area contributed by atoms with E-state index in [-0.39, 0.29) is 31.0 Å². The van der Waals surface area contributed by atoms with E-state index in [1.54, 1.807) is 33.9 Å². The Bertz CT molecular complexity index is 664. The van der Waals surface area contributed by atoms with E-state index in [9.17, 15) is 14.7 Å². The fourth-order valence-corrected chi connectivity index (χ4v) is 2.88. The van der Waals surface area contributed by atoms with E-state index < -0.39 is 0 Å². The number of hydrogen-bond acceptors (Lipinski definition) is 8. The molecule has 0 unspecified atom stereocenters. The van der Waals surface area contributed by atoms with Gasteiger partial charge in [-0.2, -0.15) is 0 Å². The van der Waals surface area contributed by atoms with Crippen molar-refractivity contribution in [3.05, 3.63) is 28.2 Å². The summed E-state index contributed by atoms with van der Waals surface area (Å²) >= 11 is 1.27. The van der Waals surface area contributed by atoms with Gasteiger partial charge >= 0.3 is 5.97 Å². The van der Waals surface area contributed by atoms with E-state index in [1.807, 2.05) is 0 Å². The molecule has 144 valence electrons. The number of anilines is 1. The van der Waals surface area contributed by atoms with Crippen molar-refractivity contribution in [3.63, 3.8) is 0 Å². The van der Waals surface area contributed by atoms with E-state index in [4.69, 9.17) is 10.5 Å². The number of nitrogens with zero attached hydrogens (tertiary/aromatic N) is 3. The Kier molecular flexibility index (Phi) is 9.08. The summed E-state index contributed by atoms with van der Waals surface area (Å²) in [6.45, 7) is 7.14. The van der Waals surface area contributed by atoms with Gasteiger partial charge in [-0.1, -0.05) is 25.6 Å². The number of aliphatic hydroxyl groups is 1. The summed E-state index contributed by atoms with van der Waals surface area (Å²) < 4.78 is 5.16. The molecule has 1 aromatic heterocycles. The Hall–Kier alpha value is -2.13. The Morgan fingerprint density at radius 3 is 2.73 bits per heavy atom. The normalized spacial score (nSPS) is 11.9. The van der Waals surface area contributed by atoms with Crippen LogP contribution in [-0.4, -0.2) is 44.9 Å². The van der Waals surface area contributed by atoms with Crippen LogP contribution in [0.4, 0.5) is 5.82 Å². The number of nitrogens with two attached hydrogens (primary N) is 1. The van der Waals surface area contributed by atoms with E-state index in [1.165, 1.54) is 16.7 Å². The van der Waals surface area contributed by atoms with Crippen molar-refractivity contribution >= 4 is 30.0 Å². The van der Waals surface area contributed by atoms with Gasteiger partial charge in [0, 0.05) is 35.4 Å². The minimum Gasteiger partial charge on any atom is -0.454 e. The maximum absolute atomic E-state index is 11.6. The highest BCUT2D eigenvalue weighted by molar-refractivity contribution is 8.02. The van der Waals surface area contributed by atoms with Gasteiger partial charge in [0.05, 0.1) is 12.5 Å². The number of aliphatic hydroxyl groups excluding tert-OH is 1. The first kappa shape index (κ1) is 21.9. The van der Waals surface area contributed by atoms with E-state index in [0.717, 1.165) is 4.91 Å². The zero-order valence-corrected chi connectivity index (χ0v) is 16.4. The molecule has 1 amide bonds. The average molecular weight is 382 g/mol. The van der Waals surface area contributed by atoms with Crippen LogP contribution in [0.1, 0.15) is 38.6 Å². The first-order valence-electron chi connectivity index (χ1n) is 8.20. The predicted molar refractivity (Wildman–Crippen MR) is 101 cm³/mol. The van der Waals surface area contributed by atoms with Gasteiger partial charge in [0.2, 0.25) is 6.41 Å². The van der Waals surface area contributed by atoms with Gasteiger partial charge in [-0.15, -0.1) is 0 Å². The summed E-state index contributed by atoms with van der Waals surface area (Å²) in [5, 5.41) is 9.30. The van der Waals surface area contributed by atoms with Gasteiger partial charge in [0.15, 0.2) is 0 Å². The van der Waals surface area contributed by atoms with Crippen LogP contribution in [-0.2, 0) is 20.9 Å². The molecule has 9 heteroatoms. The highest BCUT2D eigenvalue weighted by Gasteiger charge is 2.15. The van der Waals surface area contributed by atoms with Crippen molar-refractivity contribution < 1.29 is 19.4 Å². The molecule has 0 aliphatic heterocycles. The van der Waals surface area contributed by atoms with Crippen molar-refractivity contribution in [2.75, 3.05) is 18.3 Å². The maximum atomic E-state index is 11.6. The zero-order chi connectivity index (χ0) is 19.7. The molecule has 0 atom stereocenters. The average Bonchev–Trinajstić information content (AvgIpc) is 2.59. The number of thioether (sulfide) groups is 1. The first-order valence-corrected chi connectivity index (χ1v) is 9.18. The highest BCUT2D eigenvalue weighted by atomic mass is 32.2.